The molecule has 0 fully saturated rings. The van der Waals surface area contributed by atoms with Crippen LogP contribution in [0.1, 0.15) is 46.6 Å². The number of carbonyl (C=O) groups is 1. The summed E-state index contributed by atoms with van der Waals surface area (Å²) in [6.07, 6.45) is 0.393. The molecule has 1 atom stereocenters. The van der Waals surface area contributed by atoms with Gasteiger partial charge in [0.05, 0.1) is 12.6 Å². The Hall–Kier alpha value is -2.89. The highest BCUT2D eigenvalue weighted by Gasteiger charge is 2.50. The van der Waals surface area contributed by atoms with Gasteiger partial charge in [0, 0.05) is 0 Å². The predicted molar refractivity (Wildman–Crippen MR) is 147 cm³/mol. The van der Waals surface area contributed by atoms with E-state index >= 15 is 0 Å². The Kier molecular flexibility index (Phi) is 9.30. The molecule has 0 saturated heterocycles. The summed E-state index contributed by atoms with van der Waals surface area (Å²) in [7, 11) is -2.68. The summed E-state index contributed by atoms with van der Waals surface area (Å²) in [5.74, 6) is 0.400. The van der Waals surface area contributed by atoms with E-state index in [1.165, 1.54) is 10.4 Å². The van der Waals surface area contributed by atoms with Crippen LogP contribution < -0.4 is 15.7 Å². The Morgan fingerprint density at radius 3 is 1.77 bits per heavy atom. The first-order chi connectivity index (χ1) is 16.7. The molecule has 0 saturated carbocycles. The molecule has 186 valence electrons. The van der Waals surface area contributed by atoms with Crippen molar-refractivity contribution < 1.29 is 14.0 Å². The number of nitrogens with one attached hydrogen (secondary N) is 1. The second-order valence-electron chi connectivity index (χ2n) is 10.5. The van der Waals surface area contributed by atoms with Crippen molar-refractivity contribution in [2.75, 3.05) is 6.61 Å². The van der Waals surface area contributed by atoms with Crippen LogP contribution in [0, 0.1) is 5.92 Å². The summed E-state index contributed by atoms with van der Waals surface area (Å²) in [5.41, 5.74) is 0.964. The summed E-state index contributed by atoms with van der Waals surface area (Å²) in [6, 6.07) is 30.7. The molecule has 0 aliphatic carbocycles. The van der Waals surface area contributed by atoms with Crippen LogP contribution in [-0.4, -0.2) is 27.1 Å². The molecule has 0 aliphatic rings. The summed E-state index contributed by atoms with van der Waals surface area (Å²) in [6.45, 7) is 11.8. The van der Waals surface area contributed by atoms with E-state index < -0.39 is 14.4 Å². The Morgan fingerprint density at radius 2 is 1.31 bits per heavy atom. The van der Waals surface area contributed by atoms with Gasteiger partial charge in [-0.15, -0.1) is 0 Å². The third-order valence-electron chi connectivity index (χ3n) is 6.21. The Bertz CT molecular complexity index is 994. The average Bonchev–Trinajstić information content (AvgIpc) is 2.84. The molecule has 1 N–H and O–H groups in total. The SMILES string of the molecule is CC(C)C[C@@H](CO[Si](c1ccccc1)(c1ccccc1)C(C)(C)C)NC(=O)OCc1ccccc1. The molecule has 1 amide bonds. The van der Waals surface area contributed by atoms with E-state index in [-0.39, 0.29) is 17.7 Å². The lowest BCUT2D eigenvalue weighted by Gasteiger charge is -2.43. The van der Waals surface area contributed by atoms with Gasteiger partial charge >= 0.3 is 6.09 Å². The third-order valence-corrected chi connectivity index (χ3v) is 11.2. The molecule has 0 aliphatic heterocycles. The first-order valence-electron chi connectivity index (χ1n) is 12.4. The molecule has 35 heavy (non-hydrogen) atoms. The highest BCUT2D eigenvalue weighted by molar-refractivity contribution is 6.99. The second-order valence-corrected chi connectivity index (χ2v) is 14.8. The van der Waals surface area contributed by atoms with Crippen molar-refractivity contribution in [3.8, 4) is 0 Å². The zero-order chi connectivity index (χ0) is 25.3. The number of ether oxygens (including phenoxy) is 1. The number of benzene rings is 3. The van der Waals surface area contributed by atoms with E-state index in [4.69, 9.17) is 9.16 Å². The Labute approximate surface area is 211 Å². The van der Waals surface area contributed by atoms with E-state index in [0.29, 0.717) is 12.5 Å². The zero-order valence-corrected chi connectivity index (χ0v) is 22.7. The zero-order valence-electron chi connectivity index (χ0n) is 21.7. The van der Waals surface area contributed by atoms with E-state index in [9.17, 15) is 4.79 Å². The van der Waals surface area contributed by atoms with Crippen molar-refractivity contribution in [2.24, 2.45) is 5.92 Å². The smallest absolute Gasteiger partial charge is 0.407 e. The van der Waals surface area contributed by atoms with E-state index in [0.717, 1.165) is 12.0 Å². The van der Waals surface area contributed by atoms with Crippen LogP contribution in [0.5, 0.6) is 0 Å². The van der Waals surface area contributed by atoms with Crippen molar-refractivity contribution in [3.63, 3.8) is 0 Å². The first kappa shape index (κ1) is 26.7. The van der Waals surface area contributed by atoms with Gasteiger partial charge in [-0.2, -0.15) is 0 Å². The van der Waals surface area contributed by atoms with E-state index in [1.54, 1.807) is 0 Å². The summed E-state index contributed by atoms with van der Waals surface area (Å²) in [5, 5.41) is 5.42. The van der Waals surface area contributed by atoms with Gasteiger partial charge < -0.3 is 14.5 Å². The quantitative estimate of drug-likeness (QED) is 0.361. The number of rotatable bonds is 10. The van der Waals surface area contributed by atoms with Crippen molar-refractivity contribution >= 4 is 24.8 Å². The maximum atomic E-state index is 12.7. The van der Waals surface area contributed by atoms with Gasteiger partial charge in [-0.25, -0.2) is 4.79 Å². The molecule has 5 heteroatoms. The summed E-state index contributed by atoms with van der Waals surface area (Å²) < 4.78 is 12.6. The molecule has 3 aromatic carbocycles. The maximum absolute atomic E-state index is 12.7. The minimum absolute atomic E-state index is 0.119. The lowest BCUT2D eigenvalue weighted by atomic mass is 10.0. The molecule has 0 unspecified atom stereocenters. The standard InChI is InChI=1S/C30H39NO3Si/c1-24(2)21-26(31-29(32)33-22-25-15-9-6-10-16-25)23-34-35(30(3,4)5,27-17-11-7-12-18-27)28-19-13-8-14-20-28/h6-20,24,26H,21-23H2,1-5H3,(H,31,32)/t26-/m0/s1. The molecule has 0 radical (unpaired) electrons. The maximum Gasteiger partial charge on any atom is 0.407 e. The largest absolute Gasteiger partial charge is 0.445 e. The van der Waals surface area contributed by atoms with Crippen LogP contribution in [0.3, 0.4) is 0 Å². The van der Waals surface area contributed by atoms with Crippen LogP contribution in [0.25, 0.3) is 0 Å². The fraction of sp³-hybridized carbons (Fsp3) is 0.367. The molecule has 4 nitrogen and oxygen atoms in total. The number of amides is 1. The van der Waals surface area contributed by atoms with Gasteiger partial charge in [0.1, 0.15) is 6.61 Å². The van der Waals surface area contributed by atoms with Crippen LogP contribution in [0.2, 0.25) is 5.04 Å². The lowest BCUT2D eigenvalue weighted by molar-refractivity contribution is 0.128. The lowest BCUT2D eigenvalue weighted by Crippen LogP contribution is -2.67. The fourth-order valence-electron chi connectivity index (χ4n) is 4.66. The van der Waals surface area contributed by atoms with E-state index in [2.05, 4.69) is 88.5 Å². The first-order valence-corrected chi connectivity index (χ1v) is 14.4. The van der Waals surface area contributed by atoms with Gasteiger partial charge in [0.25, 0.3) is 8.32 Å². The van der Waals surface area contributed by atoms with Crippen molar-refractivity contribution in [1.29, 1.82) is 0 Å². The van der Waals surface area contributed by atoms with Gasteiger partial charge in [0.2, 0.25) is 0 Å². The fourth-order valence-corrected chi connectivity index (χ4v) is 9.26. The molecule has 0 spiro atoms. The third kappa shape index (κ3) is 7.06. The van der Waals surface area contributed by atoms with Gasteiger partial charge in [-0.05, 0) is 33.3 Å². The molecule has 3 rings (SSSR count). The molecule has 3 aromatic rings. The molecule has 0 heterocycles. The normalized spacial score (nSPS) is 12.9. The number of carbonyl (C=O) groups excluding carboxylic acids is 1. The molecule has 0 aromatic heterocycles. The number of hydrogen-bond acceptors (Lipinski definition) is 3. The molecular formula is C30H39NO3Si. The predicted octanol–water partition coefficient (Wildman–Crippen LogP) is 5.90. The Balaban J connectivity index is 1.84. The summed E-state index contributed by atoms with van der Waals surface area (Å²) >= 11 is 0. The van der Waals surface area contributed by atoms with Gasteiger partial charge in [-0.3, -0.25) is 0 Å². The van der Waals surface area contributed by atoms with E-state index in [1.807, 2.05) is 42.5 Å². The van der Waals surface area contributed by atoms with Gasteiger partial charge in [0.15, 0.2) is 0 Å². The van der Waals surface area contributed by atoms with Crippen LogP contribution >= 0.6 is 0 Å². The highest BCUT2D eigenvalue weighted by atomic mass is 28.4. The van der Waals surface area contributed by atoms with Crippen LogP contribution in [0.4, 0.5) is 4.79 Å². The number of hydrogen-bond donors (Lipinski definition) is 1. The molecule has 0 bridgehead atoms. The monoisotopic (exact) mass is 489 g/mol. The van der Waals surface area contributed by atoms with Gasteiger partial charge in [-0.1, -0.05) is 126 Å². The Morgan fingerprint density at radius 1 is 0.829 bits per heavy atom. The van der Waals surface area contributed by atoms with Crippen molar-refractivity contribution in [2.45, 2.75) is 58.7 Å². The molecular weight excluding hydrogens is 450 g/mol. The minimum atomic E-state index is -2.68. The summed E-state index contributed by atoms with van der Waals surface area (Å²) in [4.78, 5) is 12.7. The van der Waals surface area contributed by atoms with Crippen molar-refractivity contribution in [3.05, 3.63) is 96.6 Å². The minimum Gasteiger partial charge on any atom is -0.445 e. The topological polar surface area (TPSA) is 47.6 Å². The van der Waals surface area contributed by atoms with Crippen LogP contribution in [0.15, 0.2) is 91.0 Å². The highest BCUT2D eigenvalue weighted by Crippen LogP contribution is 2.37. The number of alkyl carbamates (subject to hydrolysis) is 1. The van der Waals surface area contributed by atoms with Crippen molar-refractivity contribution in [1.82, 2.24) is 5.32 Å². The average molecular weight is 490 g/mol. The van der Waals surface area contributed by atoms with Crippen LogP contribution in [-0.2, 0) is 15.8 Å². The second kappa shape index (κ2) is 12.2.